The van der Waals surface area contributed by atoms with Crippen LogP contribution in [0.5, 0.6) is 0 Å². The van der Waals surface area contributed by atoms with Gasteiger partial charge >= 0.3 is 7.12 Å². The van der Waals surface area contributed by atoms with Gasteiger partial charge in [-0.05, 0) is 305 Å². The van der Waals surface area contributed by atoms with Gasteiger partial charge in [0.05, 0.1) is 55.3 Å². The van der Waals surface area contributed by atoms with E-state index >= 15 is 0 Å². The lowest BCUT2D eigenvalue weighted by Crippen LogP contribution is -2.41. The molecule has 1 aliphatic heterocycles. The fourth-order valence-electron chi connectivity index (χ4n) is 17.6. The number of nitrogens with zero attached hydrogens (tertiary/aromatic N) is 4. The van der Waals surface area contributed by atoms with E-state index in [0.29, 0.717) is 0 Å². The van der Waals surface area contributed by atoms with Crippen LogP contribution in [0.2, 0.25) is 0 Å². The molecule has 1 aliphatic carbocycles. The third-order valence-corrected chi connectivity index (χ3v) is 26.8. The SMILES string of the molecule is Brc1ccc(-c2ccc3c(c2)c2ccccc2n3-c2ccccc2)cc1.Brc1ccc(I)cc1.CC1(C)OB(c2ccc3c(c2)c2ccccc2n3-c2ccccc2)OC1(C)C.CC1(C)c2ccccc2-c2ccc(Nc3ccc(-c4ccc5c(c4)c4ccccc4n5-c4ccccc4)cc3)cc21.Ic1ccc2c(c1)c1ccccc1n2-c1ccccc1. The molecule has 598 valence electrons. The Bertz CT molecular complexity index is 7440. The first kappa shape index (κ1) is 80.8. The van der Waals surface area contributed by atoms with Gasteiger partial charge in [-0.2, -0.15) is 0 Å². The summed E-state index contributed by atoms with van der Waals surface area (Å²) in [6.07, 6.45) is 0. The van der Waals surface area contributed by atoms with Crippen molar-refractivity contribution in [2.75, 3.05) is 5.32 Å². The van der Waals surface area contributed by atoms with Crippen LogP contribution in [0, 0.1) is 7.14 Å². The number of aromatic nitrogens is 4. The molecule has 0 spiro atoms. The first-order chi connectivity index (χ1) is 59.9. The molecule has 1 fully saturated rings. The molecule has 1 N–H and O–H groups in total. The number of benzene rings is 17. The lowest BCUT2D eigenvalue weighted by Gasteiger charge is -2.32. The van der Waals surface area contributed by atoms with Gasteiger partial charge in [-0.3, -0.25) is 0 Å². The van der Waals surface area contributed by atoms with E-state index in [-0.39, 0.29) is 23.7 Å². The molecular weight excluding hydrogens is 1860 g/mol. The average Bonchev–Trinajstić information content (AvgIpc) is 1.58. The minimum Gasteiger partial charge on any atom is -0.399 e. The van der Waals surface area contributed by atoms with Crippen molar-refractivity contribution in [2.45, 2.75) is 58.2 Å². The summed E-state index contributed by atoms with van der Waals surface area (Å²) in [5.41, 5.74) is 27.5. The third-order valence-electron chi connectivity index (χ3n) is 24.3. The summed E-state index contributed by atoms with van der Waals surface area (Å²) in [5, 5.41) is 13.8. The Balaban J connectivity index is 0.000000107. The molecule has 0 saturated carbocycles. The number of hydrogen-bond donors (Lipinski definition) is 1. The monoisotopic (exact) mass is 1940 g/mol. The highest BCUT2D eigenvalue weighted by atomic mass is 127. The second kappa shape index (κ2) is 34.1. The maximum atomic E-state index is 6.27. The Morgan fingerprint density at radius 2 is 0.577 bits per heavy atom. The fraction of sp³-hybridized carbons (Fsp3) is 0.0811. The molecule has 12 heteroatoms. The van der Waals surface area contributed by atoms with Crippen molar-refractivity contribution in [3.63, 3.8) is 0 Å². The molecule has 23 rings (SSSR count). The molecule has 5 heterocycles. The largest absolute Gasteiger partial charge is 0.494 e. The standard InChI is InChI=1S/C39H30N2.C24H24BNO2.C24H16BrN.C18H12IN.C6H4BrI/c1-39(2)35-14-8-6-12-31(35)32-22-21-29(25-36(32)39)40-28-19-16-26(17-20-28)27-18-23-38-34(24-27)33-13-7-9-15-37(33)41(38)30-10-4-3-5-11-30;1-23(2)24(3,4)28-25(27-23)17-14-15-22-20(16-17)19-12-8-9-13-21(19)26(22)18-10-6-5-7-11-18;25-19-13-10-17(11-14-19)18-12-15-24-22(16-18)21-8-4-5-9-23(21)26(24)20-6-2-1-3-7-20;19-13-10-11-18-16(12-13)15-8-4-5-9-17(15)20(18)14-6-2-1-3-7-14;7-5-1-3-6(8)4-2-5/h3-25,40H,1-2H3;5-16H,1-4H3;1-16H;1-12H;1-4H. The van der Waals surface area contributed by atoms with Crippen molar-refractivity contribution in [2.24, 2.45) is 0 Å². The minimum absolute atomic E-state index is 0.00421. The normalized spacial score (nSPS) is 13.4. The van der Waals surface area contributed by atoms with Crippen molar-refractivity contribution >= 4 is 188 Å². The number of rotatable bonds is 9. The summed E-state index contributed by atoms with van der Waals surface area (Å²) in [7, 11) is -0.353. The Morgan fingerprint density at radius 3 is 1.01 bits per heavy atom. The molecule has 7 nitrogen and oxygen atoms in total. The van der Waals surface area contributed by atoms with E-state index in [9.17, 15) is 0 Å². The predicted molar refractivity (Wildman–Crippen MR) is 544 cm³/mol. The van der Waals surface area contributed by atoms with Crippen LogP contribution in [-0.2, 0) is 14.7 Å². The highest BCUT2D eigenvalue weighted by Crippen LogP contribution is 2.50. The Labute approximate surface area is 761 Å². The molecule has 17 aromatic carbocycles. The summed E-state index contributed by atoms with van der Waals surface area (Å²) in [6, 6.07) is 144. The molecule has 2 aliphatic rings. The van der Waals surface area contributed by atoms with E-state index in [0.717, 1.165) is 31.5 Å². The number of anilines is 2. The number of halogens is 4. The van der Waals surface area contributed by atoms with Gasteiger partial charge in [0.2, 0.25) is 0 Å². The second-order valence-electron chi connectivity index (χ2n) is 32.8. The third kappa shape index (κ3) is 15.8. The van der Waals surface area contributed by atoms with Crippen molar-refractivity contribution in [3.8, 4) is 56.1 Å². The lowest BCUT2D eigenvalue weighted by molar-refractivity contribution is 0.00578. The van der Waals surface area contributed by atoms with E-state index < -0.39 is 0 Å². The van der Waals surface area contributed by atoms with Gasteiger partial charge in [-0.25, -0.2) is 0 Å². The van der Waals surface area contributed by atoms with Crippen molar-refractivity contribution in [1.82, 2.24) is 18.3 Å². The number of nitrogens with one attached hydrogen (secondary N) is 1. The minimum atomic E-state index is -0.353. The highest BCUT2D eigenvalue weighted by Gasteiger charge is 2.52. The second-order valence-corrected chi connectivity index (χ2v) is 37.1. The van der Waals surface area contributed by atoms with Crippen LogP contribution in [0.1, 0.15) is 52.7 Å². The molecule has 0 unspecified atom stereocenters. The van der Waals surface area contributed by atoms with Crippen molar-refractivity contribution in [3.05, 3.63) is 434 Å². The quantitative estimate of drug-likeness (QED) is 0.116. The Hall–Kier alpha value is -11.9. The smallest absolute Gasteiger partial charge is 0.399 e. The lowest BCUT2D eigenvalue weighted by atomic mass is 9.78. The summed E-state index contributed by atoms with van der Waals surface area (Å²) < 4.78 is 26.7. The average molecular weight is 1950 g/mol. The maximum Gasteiger partial charge on any atom is 0.494 e. The molecule has 4 aromatic heterocycles. The molecule has 0 atom stereocenters. The highest BCUT2D eigenvalue weighted by molar-refractivity contribution is 14.1. The van der Waals surface area contributed by atoms with E-state index in [1.807, 2.05) is 18.2 Å². The zero-order valence-corrected chi connectivity index (χ0v) is 76.4. The molecule has 0 amide bonds. The molecule has 21 aromatic rings. The van der Waals surface area contributed by atoms with Crippen LogP contribution in [0.15, 0.2) is 415 Å². The van der Waals surface area contributed by atoms with Crippen LogP contribution < -0.4 is 10.8 Å². The van der Waals surface area contributed by atoms with Crippen LogP contribution >= 0.6 is 77.0 Å². The van der Waals surface area contributed by atoms with Crippen LogP contribution in [0.25, 0.3) is 143 Å². The van der Waals surface area contributed by atoms with Crippen LogP contribution in [0.3, 0.4) is 0 Å². The summed E-state index contributed by atoms with van der Waals surface area (Å²) in [5.74, 6) is 0. The molecule has 0 radical (unpaired) electrons. The van der Waals surface area contributed by atoms with Crippen LogP contribution in [-0.4, -0.2) is 36.6 Å². The maximum absolute atomic E-state index is 6.27. The number of para-hydroxylation sites is 8. The van der Waals surface area contributed by atoms with Gasteiger partial charge in [0.25, 0.3) is 0 Å². The first-order valence-corrected chi connectivity index (χ1v) is 45.3. The topological polar surface area (TPSA) is 50.2 Å². The molecular formula is C111H86BBr2I2N5O2. The van der Waals surface area contributed by atoms with E-state index in [4.69, 9.17) is 9.31 Å². The molecule has 1 saturated heterocycles. The first-order valence-electron chi connectivity index (χ1n) is 41.5. The van der Waals surface area contributed by atoms with Gasteiger partial charge in [-0.1, -0.05) is 270 Å². The van der Waals surface area contributed by atoms with E-state index in [2.05, 4.69) is 530 Å². The van der Waals surface area contributed by atoms with Gasteiger partial charge in [0, 0.05) is 98.7 Å². The van der Waals surface area contributed by atoms with Gasteiger partial charge in [0.1, 0.15) is 0 Å². The van der Waals surface area contributed by atoms with E-state index in [1.165, 1.54) is 156 Å². The molecule has 123 heavy (non-hydrogen) atoms. The van der Waals surface area contributed by atoms with Gasteiger partial charge < -0.3 is 32.9 Å². The summed E-state index contributed by atoms with van der Waals surface area (Å²) in [6.45, 7) is 13.0. The zero-order chi connectivity index (χ0) is 84.1. The summed E-state index contributed by atoms with van der Waals surface area (Å²) in [4.78, 5) is 0. The number of hydrogen-bond acceptors (Lipinski definition) is 3. The van der Waals surface area contributed by atoms with E-state index in [1.54, 1.807) is 0 Å². The Morgan fingerprint density at radius 1 is 0.260 bits per heavy atom. The van der Waals surface area contributed by atoms with Crippen molar-refractivity contribution < 1.29 is 9.31 Å². The van der Waals surface area contributed by atoms with Gasteiger partial charge in [0.15, 0.2) is 0 Å². The fourth-order valence-corrected chi connectivity index (χ4v) is 18.9. The van der Waals surface area contributed by atoms with Gasteiger partial charge in [-0.15, -0.1) is 0 Å². The van der Waals surface area contributed by atoms with Crippen LogP contribution in [0.4, 0.5) is 11.4 Å². The Kier molecular flexibility index (Phi) is 22.4. The predicted octanol–water partition coefficient (Wildman–Crippen LogP) is 31.2. The summed E-state index contributed by atoms with van der Waals surface area (Å²) >= 11 is 11.5. The zero-order valence-electron chi connectivity index (χ0n) is 68.9. The molecule has 0 bridgehead atoms. The number of fused-ring (bicyclic) bond motifs is 15. The van der Waals surface area contributed by atoms with Crippen molar-refractivity contribution in [1.29, 1.82) is 0 Å².